The largest absolute Gasteiger partial charge is 0.476 e. The Morgan fingerprint density at radius 3 is 2.45 bits per heavy atom. The van der Waals surface area contributed by atoms with Gasteiger partial charge in [-0.1, -0.05) is 81.9 Å². The van der Waals surface area contributed by atoms with Crippen LogP contribution in [0.2, 0.25) is 0 Å². The van der Waals surface area contributed by atoms with Crippen LogP contribution in [0.5, 0.6) is 0 Å². The van der Waals surface area contributed by atoms with Crippen molar-refractivity contribution in [2.75, 3.05) is 12.4 Å². The first-order valence-electron chi connectivity index (χ1n) is 19.0. The van der Waals surface area contributed by atoms with Crippen molar-refractivity contribution in [3.05, 3.63) is 95.9 Å². The molecule has 2 aliphatic carbocycles. The van der Waals surface area contributed by atoms with Gasteiger partial charge < -0.3 is 5.11 Å². The summed E-state index contributed by atoms with van der Waals surface area (Å²) in [7, 11) is 1.86. The number of carboxylic acid groups (broad SMARTS) is 1. The number of carbonyl (C=O) groups is 2. The molecular weight excluding hydrogens is 709 g/mol. The lowest BCUT2D eigenvalue weighted by molar-refractivity contribution is -0.220. The number of nitrogens with zero attached hydrogens (tertiary/aromatic N) is 4. The Morgan fingerprint density at radius 2 is 1.69 bits per heavy atom. The third kappa shape index (κ3) is 6.94. The zero-order valence-electron chi connectivity index (χ0n) is 32.3. The van der Waals surface area contributed by atoms with Crippen molar-refractivity contribution in [2.24, 2.45) is 16.2 Å². The molecule has 3 N–H and O–H groups in total. The molecular formula is C44H48N6O4S. The van der Waals surface area contributed by atoms with Crippen LogP contribution in [-0.4, -0.2) is 49.4 Å². The number of pyridine rings is 1. The fourth-order valence-electron chi connectivity index (χ4n) is 10.5. The van der Waals surface area contributed by atoms with Crippen LogP contribution < -0.4 is 10.8 Å². The molecule has 2 saturated carbocycles. The van der Waals surface area contributed by atoms with Crippen molar-refractivity contribution < 1.29 is 19.5 Å². The van der Waals surface area contributed by atoms with Crippen LogP contribution in [0.3, 0.4) is 0 Å². The lowest BCUT2D eigenvalue weighted by Crippen LogP contribution is -2.58. The number of benzene rings is 3. The van der Waals surface area contributed by atoms with E-state index < -0.39 is 5.97 Å². The fraction of sp³-hybridized carbons (Fsp3) is 0.386. The highest BCUT2D eigenvalue weighted by molar-refractivity contribution is 7.22. The van der Waals surface area contributed by atoms with Gasteiger partial charge in [0, 0.05) is 41.5 Å². The monoisotopic (exact) mass is 756 g/mol. The number of carboxylic acids is 1. The number of carbonyl (C=O) groups excluding carboxylic acids is 1. The molecule has 3 aromatic carbocycles. The van der Waals surface area contributed by atoms with Gasteiger partial charge in [0.1, 0.15) is 0 Å². The summed E-state index contributed by atoms with van der Waals surface area (Å²) < 4.78 is 3.03. The van der Waals surface area contributed by atoms with E-state index in [4.69, 9.17) is 14.9 Å². The van der Waals surface area contributed by atoms with Gasteiger partial charge in [-0.3, -0.25) is 19.6 Å². The van der Waals surface area contributed by atoms with Gasteiger partial charge in [-0.25, -0.2) is 20.2 Å². The van der Waals surface area contributed by atoms with E-state index in [0.29, 0.717) is 34.1 Å². The molecule has 2 fully saturated rings. The first-order valence-corrected chi connectivity index (χ1v) is 19.9. The standard InChI is InChI=1S/C44H48N6O4S/c1-7-41(3)21-42(4)22-43(5,25-44(23-41,24-42)54-45-6)26-50-27(2)33(20-46-50)30-17-18-34(47-37(30)39(52)53)29-16-15-28-11-10-12-31(32(28)19-29)38(51)49-40-48-35-13-8-9-14-36(35)55-40/h8-20,45H,7,21-26H2,1-6H3,(H,52,53)(H,48,49,51). The summed E-state index contributed by atoms with van der Waals surface area (Å²) in [5.41, 5.74) is 7.72. The zero-order valence-corrected chi connectivity index (χ0v) is 33.1. The molecule has 2 aliphatic rings. The van der Waals surface area contributed by atoms with Crippen molar-refractivity contribution in [1.82, 2.24) is 25.2 Å². The van der Waals surface area contributed by atoms with Crippen molar-refractivity contribution >= 4 is 49.3 Å². The molecule has 0 aliphatic heterocycles. The molecule has 0 radical (unpaired) electrons. The molecule has 0 saturated heterocycles. The molecule has 3 aromatic heterocycles. The van der Waals surface area contributed by atoms with E-state index >= 15 is 0 Å². The van der Waals surface area contributed by atoms with E-state index in [2.05, 4.69) is 43.5 Å². The minimum Gasteiger partial charge on any atom is -0.476 e. The summed E-state index contributed by atoms with van der Waals surface area (Å²) >= 11 is 1.42. The third-order valence-corrected chi connectivity index (χ3v) is 13.0. The topological polar surface area (TPSA) is 131 Å². The van der Waals surface area contributed by atoms with Crippen LogP contribution in [0.25, 0.3) is 43.4 Å². The van der Waals surface area contributed by atoms with Gasteiger partial charge in [-0.2, -0.15) is 5.10 Å². The minimum atomic E-state index is -1.12. The van der Waals surface area contributed by atoms with E-state index in [1.807, 2.05) is 85.4 Å². The lowest BCUT2D eigenvalue weighted by Gasteiger charge is -2.61. The highest BCUT2D eigenvalue weighted by atomic mass is 32.1. The fourth-order valence-corrected chi connectivity index (χ4v) is 11.4. The molecule has 0 spiro atoms. The molecule has 3 heterocycles. The number of aromatic nitrogens is 4. The number of hydrogen-bond donors (Lipinski definition) is 3. The normalized spacial score (nSPS) is 25.0. The van der Waals surface area contributed by atoms with E-state index in [0.717, 1.165) is 64.4 Å². The molecule has 4 atom stereocenters. The van der Waals surface area contributed by atoms with Crippen LogP contribution in [0, 0.1) is 23.2 Å². The summed E-state index contributed by atoms with van der Waals surface area (Å²) in [4.78, 5) is 42.1. The van der Waals surface area contributed by atoms with Crippen LogP contribution in [0.15, 0.2) is 79.0 Å². The molecule has 55 heavy (non-hydrogen) atoms. The number of rotatable bonds is 10. The number of para-hydroxylation sites is 1. The maximum absolute atomic E-state index is 13.6. The molecule has 10 nitrogen and oxygen atoms in total. The molecule has 1 amide bonds. The zero-order chi connectivity index (χ0) is 38.8. The first kappa shape index (κ1) is 37.0. The number of hydroxylamine groups is 1. The lowest BCUT2D eigenvalue weighted by atomic mass is 9.47. The van der Waals surface area contributed by atoms with Crippen LogP contribution in [0.4, 0.5) is 5.13 Å². The van der Waals surface area contributed by atoms with Gasteiger partial charge in [-0.05, 0) is 102 Å². The summed E-state index contributed by atoms with van der Waals surface area (Å²) in [6, 6.07) is 22.7. The number of nitrogens with one attached hydrogen (secondary N) is 2. The second kappa shape index (κ2) is 13.6. The maximum Gasteiger partial charge on any atom is 0.355 e. The predicted octanol–water partition coefficient (Wildman–Crippen LogP) is 9.93. The van der Waals surface area contributed by atoms with Crippen molar-refractivity contribution in [2.45, 2.75) is 85.3 Å². The van der Waals surface area contributed by atoms with Crippen LogP contribution >= 0.6 is 11.3 Å². The van der Waals surface area contributed by atoms with Gasteiger partial charge in [0.05, 0.1) is 27.7 Å². The van der Waals surface area contributed by atoms with E-state index in [9.17, 15) is 14.7 Å². The second-order valence-electron chi connectivity index (χ2n) is 17.0. The molecule has 8 rings (SSSR count). The SMILES string of the molecule is CCC1(C)CC2(C)CC(C)(Cn3ncc(-c4ccc(-c5ccc6cccc(C(=O)Nc7nc8ccccc8s7)c6c5)nc4C(=O)O)c3C)CC(ONC)(C1)C2. The van der Waals surface area contributed by atoms with Crippen LogP contribution in [0.1, 0.15) is 92.8 Å². The first-order chi connectivity index (χ1) is 26.2. The van der Waals surface area contributed by atoms with Crippen molar-refractivity contribution in [1.29, 1.82) is 0 Å². The van der Waals surface area contributed by atoms with Gasteiger partial charge in [0.25, 0.3) is 5.91 Å². The minimum absolute atomic E-state index is 0.0479. The molecule has 284 valence electrons. The smallest absolute Gasteiger partial charge is 0.355 e. The second-order valence-corrected chi connectivity index (χ2v) is 18.1. The Bertz CT molecular complexity index is 2440. The van der Waals surface area contributed by atoms with Crippen molar-refractivity contribution in [3.63, 3.8) is 0 Å². The Morgan fingerprint density at radius 1 is 0.909 bits per heavy atom. The quantitative estimate of drug-likeness (QED) is 0.118. The Labute approximate surface area is 325 Å². The average molecular weight is 757 g/mol. The number of aromatic carboxylic acids is 1. The summed E-state index contributed by atoms with van der Waals surface area (Å²) in [5.74, 6) is -1.39. The molecule has 11 heteroatoms. The van der Waals surface area contributed by atoms with Crippen molar-refractivity contribution in [3.8, 4) is 22.4 Å². The van der Waals surface area contributed by atoms with Gasteiger partial charge in [0.2, 0.25) is 0 Å². The number of amides is 1. The number of fused-ring (bicyclic) bond motifs is 4. The van der Waals surface area contributed by atoms with Gasteiger partial charge >= 0.3 is 5.97 Å². The third-order valence-electron chi connectivity index (χ3n) is 12.1. The molecule has 4 unspecified atom stereocenters. The Balaban J connectivity index is 1.08. The number of thiazole rings is 1. The summed E-state index contributed by atoms with van der Waals surface area (Å²) in [5, 5.41) is 20.4. The predicted molar refractivity (Wildman–Crippen MR) is 218 cm³/mol. The number of anilines is 1. The molecule has 6 aromatic rings. The number of hydrogen-bond acceptors (Lipinski definition) is 8. The van der Waals surface area contributed by atoms with E-state index in [-0.39, 0.29) is 33.4 Å². The summed E-state index contributed by atoms with van der Waals surface area (Å²) in [6.07, 6.45) is 8.08. The molecule has 2 bridgehead atoms. The summed E-state index contributed by atoms with van der Waals surface area (Å²) in [6.45, 7) is 12.2. The van der Waals surface area contributed by atoms with Gasteiger partial charge in [-0.15, -0.1) is 0 Å². The van der Waals surface area contributed by atoms with Crippen LogP contribution in [-0.2, 0) is 11.4 Å². The Kier molecular flexibility index (Phi) is 9.18. The maximum atomic E-state index is 13.6. The Hall–Kier alpha value is -4.97. The van der Waals surface area contributed by atoms with E-state index in [1.165, 1.54) is 17.8 Å². The highest BCUT2D eigenvalue weighted by Gasteiger charge is 2.59. The average Bonchev–Trinajstić information content (AvgIpc) is 3.71. The highest BCUT2D eigenvalue weighted by Crippen LogP contribution is 2.64. The van der Waals surface area contributed by atoms with Gasteiger partial charge in [0.15, 0.2) is 10.8 Å². The van der Waals surface area contributed by atoms with E-state index in [1.54, 1.807) is 12.3 Å².